The fourth-order valence-electron chi connectivity index (χ4n) is 3.67. The van der Waals surface area contributed by atoms with E-state index in [9.17, 15) is 18.0 Å². The molecule has 0 radical (unpaired) electrons. The SMILES string of the molecule is COc1ccc(C(=O)OCC(=O)N2C[C@H](C)C[C@@H](C)C2)cc1S(=O)(=O)NC1CC1. The Kier molecular flexibility index (Phi) is 6.48. The van der Waals surface area contributed by atoms with Gasteiger partial charge in [0.1, 0.15) is 10.6 Å². The fourth-order valence-corrected chi connectivity index (χ4v) is 5.17. The third-order valence-electron chi connectivity index (χ3n) is 5.14. The van der Waals surface area contributed by atoms with Crippen LogP contribution in [0.3, 0.4) is 0 Å². The van der Waals surface area contributed by atoms with E-state index >= 15 is 0 Å². The summed E-state index contributed by atoms with van der Waals surface area (Å²) in [5.74, 6) is -0.0315. The Morgan fingerprint density at radius 2 is 1.83 bits per heavy atom. The lowest BCUT2D eigenvalue weighted by atomic mass is 9.92. The van der Waals surface area contributed by atoms with Crippen molar-refractivity contribution >= 4 is 21.9 Å². The number of hydrogen-bond acceptors (Lipinski definition) is 6. The van der Waals surface area contributed by atoms with Gasteiger partial charge >= 0.3 is 5.97 Å². The zero-order chi connectivity index (χ0) is 21.2. The molecule has 29 heavy (non-hydrogen) atoms. The minimum atomic E-state index is -3.81. The van der Waals surface area contributed by atoms with Gasteiger partial charge < -0.3 is 14.4 Å². The molecule has 0 unspecified atom stereocenters. The van der Waals surface area contributed by atoms with Gasteiger partial charge in [0, 0.05) is 19.1 Å². The number of amides is 1. The minimum absolute atomic E-state index is 0.0511. The van der Waals surface area contributed by atoms with Crippen LogP contribution in [0.25, 0.3) is 0 Å². The van der Waals surface area contributed by atoms with Gasteiger partial charge in [0.25, 0.3) is 5.91 Å². The first-order valence-corrected chi connectivity index (χ1v) is 11.3. The highest BCUT2D eigenvalue weighted by Gasteiger charge is 2.31. The monoisotopic (exact) mass is 424 g/mol. The van der Waals surface area contributed by atoms with Crippen LogP contribution in [0.5, 0.6) is 5.75 Å². The van der Waals surface area contributed by atoms with Gasteiger partial charge in [-0.3, -0.25) is 4.79 Å². The van der Waals surface area contributed by atoms with Crippen LogP contribution in [0.4, 0.5) is 0 Å². The molecule has 1 heterocycles. The van der Waals surface area contributed by atoms with Crippen molar-refractivity contribution in [2.75, 3.05) is 26.8 Å². The van der Waals surface area contributed by atoms with Crippen molar-refractivity contribution in [1.29, 1.82) is 0 Å². The lowest BCUT2D eigenvalue weighted by molar-refractivity contribution is -0.137. The zero-order valence-electron chi connectivity index (χ0n) is 17.0. The van der Waals surface area contributed by atoms with Crippen molar-refractivity contribution in [3.8, 4) is 5.75 Å². The van der Waals surface area contributed by atoms with Crippen LogP contribution in [0, 0.1) is 11.8 Å². The molecule has 2 fully saturated rings. The smallest absolute Gasteiger partial charge is 0.338 e. The van der Waals surface area contributed by atoms with Gasteiger partial charge in [-0.2, -0.15) is 0 Å². The van der Waals surface area contributed by atoms with E-state index in [1.807, 2.05) is 0 Å². The molecule has 1 N–H and O–H groups in total. The van der Waals surface area contributed by atoms with Crippen LogP contribution in [0.2, 0.25) is 0 Å². The number of esters is 1. The number of nitrogens with one attached hydrogen (secondary N) is 1. The predicted molar refractivity (Wildman–Crippen MR) is 106 cm³/mol. The molecule has 1 saturated heterocycles. The number of sulfonamides is 1. The number of methoxy groups -OCH3 is 1. The fraction of sp³-hybridized carbons (Fsp3) is 0.600. The maximum absolute atomic E-state index is 12.6. The van der Waals surface area contributed by atoms with Crippen molar-refractivity contribution in [2.45, 2.75) is 44.0 Å². The van der Waals surface area contributed by atoms with Crippen LogP contribution in [0.15, 0.2) is 23.1 Å². The maximum atomic E-state index is 12.6. The summed E-state index contributed by atoms with van der Waals surface area (Å²) >= 11 is 0. The normalized spacial score (nSPS) is 22.2. The molecule has 2 aliphatic rings. The van der Waals surface area contributed by atoms with Crippen molar-refractivity contribution in [1.82, 2.24) is 9.62 Å². The Morgan fingerprint density at radius 1 is 1.17 bits per heavy atom. The van der Waals surface area contributed by atoms with Gasteiger partial charge in [0.15, 0.2) is 6.61 Å². The highest BCUT2D eigenvalue weighted by molar-refractivity contribution is 7.89. The number of hydrogen-bond donors (Lipinski definition) is 1. The van der Waals surface area contributed by atoms with E-state index in [2.05, 4.69) is 18.6 Å². The molecule has 1 aliphatic heterocycles. The van der Waals surface area contributed by atoms with Gasteiger partial charge in [0.2, 0.25) is 10.0 Å². The Bertz CT molecular complexity index is 871. The van der Waals surface area contributed by atoms with E-state index in [4.69, 9.17) is 9.47 Å². The molecule has 0 spiro atoms. The number of ether oxygens (including phenoxy) is 2. The number of benzene rings is 1. The molecular weight excluding hydrogens is 396 g/mol. The molecule has 8 nitrogen and oxygen atoms in total. The van der Waals surface area contributed by atoms with E-state index in [-0.39, 0.29) is 34.8 Å². The summed E-state index contributed by atoms with van der Waals surface area (Å²) in [6.45, 7) is 5.12. The molecule has 1 aromatic carbocycles. The van der Waals surface area contributed by atoms with Crippen molar-refractivity contribution in [2.24, 2.45) is 11.8 Å². The van der Waals surface area contributed by atoms with Crippen LogP contribution in [-0.4, -0.2) is 58.0 Å². The van der Waals surface area contributed by atoms with E-state index in [0.717, 1.165) is 19.3 Å². The van der Waals surface area contributed by atoms with E-state index < -0.39 is 16.0 Å². The topological polar surface area (TPSA) is 102 Å². The quantitative estimate of drug-likeness (QED) is 0.670. The Morgan fingerprint density at radius 3 is 2.41 bits per heavy atom. The summed E-state index contributed by atoms with van der Waals surface area (Å²) in [4.78, 5) is 26.4. The van der Waals surface area contributed by atoms with Gasteiger partial charge in [-0.15, -0.1) is 0 Å². The van der Waals surface area contributed by atoms with E-state index in [1.54, 1.807) is 4.90 Å². The summed E-state index contributed by atoms with van der Waals surface area (Å²) < 4.78 is 38.0. The van der Waals surface area contributed by atoms with E-state index in [1.165, 1.54) is 25.3 Å². The molecule has 1 amide bonds. The molecule has 2 atom stereocenters. The Balaban J connectivity index is 1.67. The lowest BCUT2D eigenvalue weighted by Gasteiger charge is -2.34. The summed E-state index contributed by atoms with van der Waals surface area (Å²) in [6.07, 6.45) is 2.65. The molecule has 9 heteroatoms. The first-order valence-electron chi connectivity index (χ1n) is 9.85. The first kappa shape index (κ1) is 21.6. The maximum Gasteiger partial charge on any atom is 0.338 e. The number of nitrogens with zero attached hydrogens (tertiary/aromatic N) is 1. The average molecular weight is 425 g/mol. The molecule has 0 bridgehead atoms. The molecule has 1 aromatic rings. The van der Waals surface area contributed by atoms with Crippen molar-refractivity contribution in [3.05, 3.63) is 23.8 Å². The standard InChI is InChI=1S/C20H28N2O6S/c1-13-8-14(2)11-22(10-13)19(23)12-28-20(24)15-4-7-17(27-3)18(9-15)29(25,26)21-16-5-6-16/h4,7,9,13-14,16,21H,5-6,8,10-12H2,1-3H3/t13-,14-/m1/s1. The van der Waals surface area contributed by atoms with Crippen LogP contribution < -0.4 is 9.46 Å². The molecule has 1 aliphatic carbocycles. The molecule has 0 aromatic heterocycles. The first-order chi connectivity index (χ1) is 13.7. The van der Waals surface area contributed by atoms with Crippen LogP contribution in [0.1, 0.15) is 43.5 Å². The zero-order valence-corrected chi connectivity index (χ0v) is 17.8. The van der Waals surface area contributed by atoms with E-state index in [0.29, 0.717) is 24.9 Å². The molecule has 1 saturated carbocycles. The van der Waals surface area contributed by atoms with Gasteiger partial charge in [-0.05, 0) is 49.3 Å². The summed E-state index contributed by atoms with van der Waals surface area (Å²) in [5.41, 5.74) is 0.0511. The third-order valence-corrected chi connectivity index (χ3v) is 6.68. The highest BCUT2D eigenvalue weighted by atomic mass is 32.2. The second-order valence-electron chi connectivity index (χ2n) is 8.08. The lowest BCUT2D eigenvalue weighted by Crippen LogP contribution is -2.44. The highest BCUT2D eigenvalue weighted by Crippen LogP contribution is 2.28. The number of likely N-dealkylation sites (tertiary alicyclic amines) is 1. The summed E-state index contributed by atoms with van der Waals surface area (Å²) in [6, 6.07) is 3.98. The van der Waals surface area contributed by atoms with Crippen LogP contribution in [-0.2, 0) is 19.6 Å². The van der Waals surface area contributed by atoms with Crippen molar-refractivity contribution < 1.29 is 27.5 Å². The second kappa shape index (κ2) is 8.71. The number of carbonyl (C=O) groups excluding carboxylic acids is 2. The number of rotatable bonds is 7. The molecule has 3 rings (SSSR count). The van der Waals surface area contributed by atoms with Crippen LogP contribution >= 0.6 is 0 Å². The second-order valence-corrected chi connectivity index (χ2v) is 9.76. The Labute approximate surface area is 171 Å². The third kappa shape index (κ3) is 5.48. The Hall–Kier alpha value is -2.13. The van der Waals surface area contributed by atoms with Gasteiger partial charge in [-0.25, -0.2) is 17.9 Å². The predicted octanol–water partition coefficient (Wildman–Crippen LogP) is 1.80. The summed E-state index contributed by atoms with van der Waals surface area (Å²) in [7, 11) is -2.45. The van der Waals surface area contributed by atoms with Gasteiger partial charge in [-0.1, -0.05) is 13.8 Å². The number of carbonyl (C=O) groups is 2. The molecule has 160 valence electrons. The van der Waals surface area contributed by atoms with Crippen molar-refractivity contribution in [3.63, 3.8) is 0 Å². The van der Waals surface area contributed by atoms with Gasteiger partial charge in [0.05, 0.1) is 12.7 Å². The largest absolute Gasteiger partial charge is 0.495 e. The average Bonchev–Trinajstić information content (AvgIpc) is 3.47. The summed E-state index contributed by atoms with van der Waals surface area (Å²) in [5, 5.41) is 0. The number of piperidine rings is 1. The molecular formula is C20H28N2O6S. The minimum Gasteiger partial charge on any atom is -0.495 e.